The van der Waals surface area contributed by atoms with E-state index in [1.807, 2.05) is 40.9 Å². The molecule has 3 heterocycles. The molecule has 2 aromatic heterocycles. The van der Waals surface area contributed by atoms with Crippen LogP contribution in [0.15, 0.2) is 48.8 Å². The molecule has 1 saturated heterocycles. The van der Waals surface area contributed by atoms with Crippen molar-refractivity contribution in [3.63, 3.8) is 0 Å². The third kappa shape index (κ3) is 5.95. The predicted octanol–water partition coefficient (Wildman–Crippen LogP) is 2.87. The minimum absolute atomic E-state index is 0.0312. The van der Waals surface area contributed by atoms with Crippen molar-refractivity contribution >= 4 is 23.2 Å². The average molecular weight is 443 g/mol. The van der Waals surface area contributed by atoms with Crippen molar-refractivity contribution in [3.05, 3.63) is 59.9 Å². The maximum absolute atomic E-state index is 12.4. The predicted molar refractivity (Wildman–Crippen MR) is 120 cm³/mol. The molecule has 1 fully saturated rings. The molecule has 3 aromatic rings. The lowest BCUT2D eigenvalue weighted by atomic mass is 10.1. The summed E-state index contributed by atoms with van der Waals surface area (Å²) in [6.07, 6.45) is 4.27. The zero-order valence-corrected chi connectivity index (χ0v) is 17.9. The summed E-state index contributed by atoms with van der Waals surface area (Å²) >= 11 is 0. The molecule has 3 N–H and O–H groups in total. The van der Waals surface area contributed by atoms with Crippen LogP contribution in [0.5, 0.6) is 0 Å². The van der Waals surface area contributed by atoms with Crippen LogP contribution in [0.4, 0.5) is 8.78 Å². The number of carbonyl (C=O) groups is 2. The summed E-state index contributed by atoms with van der Waals surface area (Å²) in [5.41, 5.74) is 8.14. The molecule has 9 heteroatoms. The molecular formula is C23H27F2N5O2. The number of nitrogens with zero attached hydrogens (tertiary/aromatic N) is 3. The first-order valence-electron chi connectivity index (χ1n) is 10.4. The van der Waals surface area contributed by atoms with Crippen molar-refractivity contribution in [3.8, 4) is 5.69 Å². The Hall–Kier alpha value is -3.17. The number of benzene rings is 1. The van der Waals surface area contributed by atoms with E-state index >= 15 is 0 Å². The van der Waals surface area contributed by atoms with E-state index in [9.17, 15) is 18.4 Å². The van der Waals surface area contributed by atoms with E-state index in [0.29, 0.717) is 37.3 Å². The number of hydrogen-bond donors (Lipinski definition) is 2. The van der Waals surface area contributed by atoms with Gasteiger partial charge in [-0.05, 0) is 43.4 Å². The number of likely N-dealkylation sites (tertiary alicyclic amines) is 1. The molecule has 32 heavy (non-hydrogen) atoms. The molecule has 1 aromatic carbocycles. The van der Waals surface area contributed by atoms with Crippen molar-refractivity contribution in [1.82, 2.24) is 19.8 Å². The van der Waals surface area contributed by atoms with Gasteiger partial charge in [-0.2, -0.15) is 0 Å². The number of nitrogens with one attached hydrogen (secondary N) is 1. The maximum Gasteiger partial charge on any atom is 0.251 e. The zero-order chi connectivity index (χ0) is 23.1. The van der Waals surface area contributed by atoms with Crippen LogP contribution in [0.2, 0.25) is 0 Å². The highest BCUT2D eigenvalue weighted by molar-refractivity contribution is 5.94. The SMILES string of the molecule is CN1CCC(F)(F)CC1.NCCNC(=O)c1ccc(-n2ccc3cc(C=O)cnc32)cc1. The van der Waals surface area contributed by atoms with Crippen LogP contribution in [0.1, 0.15) is 33.6 Å². The Bertz CT molecular complexity index is 1060. The Morgan fingerprint density at radius 1 is 1.22 bits per heavy atom. The minimum Gasteiger partial charge on any atom is -0.351 e. The smallest absolute Gasteiger partial charge is 0.251 e. The number of rotatable bonds is 5. The number of piperidine rings is 1. The molecule has 0 unspecified atom stereocenters. The first kappa shape index (κ1) is 23.5. The lowest BCUT2D eigenvalue weighted by Crippen LogP contribution is -2.36. The number of aldehydes is 1. The molecule has 1 aliphatic heterocycles. The fraction of sp³-hybridized carbons (Fsp3) is 0.348. The summed E-state index contributed by atoms with van der Waals surface area (Å²) in [5.74, 6) is -2.53. The van der Waals surface area contributed by atoms with Gasteiger partial charge in [0, 0.05) is 73.6 Å². The Labute approximate surface area is 185 Å². The minimum atomic E-state index is -2.38. The lowest BCUT2D eigenvalue weighted by molar-refractivity contribution is -0.0504. The Morgan fingerprint density at radius 2 is 1.91 bits per heavy atom. The van der Waals surface area contributed by atoms with Crippen LogP contribution >= 0.6 is 0 Å². The van der Waals surface area contributed by atoms with Gasteiger partial charge < -0.3 is 20.5 Å². The number of alkyl halides is 2. The molecule has 7 nitrogen and oxygen atoms in total. The van der Waals surface area contributed by atoms with Crippen LogP contribution in [0.25, 0.3) is 16.7 Å². The second kappa shape index (κ2) is 10.4. The van der Waals surface area contributed by atoms with E-state index < -0.39 is 5.92 Å². The second-order valence-electron chi connectivity index (χ2n) is 7.74. The number of aromatic nitrogens is 2. The first-order valence-corrected chi connectivity index (χ1v) is 10.4. The molecule has 0 spiro atoms. The summed E-state index contributed by atoms with van der Waals surface area (Å²) in [5, 5.41) is 3.62. The number of amides is 1. The first-order chi connectivity index (χ1) is 15.3. The van der Waals surface area contributed by atoms with Gasteiger partial charge >= 0.3 is 0 Å². The fourth-order valence-corrected chi connectivity index (χ4v) is 3.32. The average Bonchev–Trinajstić information content (AvgIpc) is 3.23. The highest BCUT2D eigenvalue weighted by Crippen LogP contribution is 2.26. The number of nitrogens with two attached hydrogens (primary N) is 1. The van der Waals surface area contributed by atoms with Gasteiger partial charge in [0.05, 0.1) is 0 Å². The van der Waals surface area contributed by atoms with Crippen LogP contribution < -0.4 is 11.1 Å². The van der Waals surface area contributed by atoms with Gasteiger partial charge in [-0.3, -0.25) is 9.59 Å². The molecule has 4 rings (SSSR count). The normalized spacial score (nSPS) is 15.6. The quantitative estimate of drug-likeness (QED) is 0.592. The second-order valence-corrected chi connectivity index (χ2v) is 7.74. The molecule has 0 saturated carbocycles. The van der Waals surface area contributed by atoms with Gasteiger partial charge in [0.2, 0.25) is 0 Å². The largest absolute Gasteiger partial charge is 0.351 e. The van der Waals surface area contributed by atoms with Crippen LogP contribution in [0, 0.1) is 0 Å². The summed E-state index contributed by atoms with van der Waals surface area (Å²) in [6.45, 7) is 1.93. The number of hydrogen-bond acceptors (Lipinski definition) is 5. The standard InChI is InChI=1S/C17H16N4O2.C6H11F2N/c18-6-7-19-17(23)13-1-3-15(4-2-13)21-8-5-14-9-12(11-22)10-20-16(14)21;1-9-4-2-6(7,8)3-5-9/h1-5,8-11H,6-7,18H2,(H,19,23);2-5H2,1H3. The Balaban J connectivity index is 0.000000269. The Morgan fingerprint density at radius 3 is 2.50 bits per heavy atom. The van der Waals surface area contributed by atoms with Gasteiger partial charge in [0.15, 0.2) is 6.29 Å². The number of halogens is 2. The summed E-state index contributed by atoms with van der Waals surface area (Å²) in [7, 11) is 1.87. The number of carbonyl (C=O) groups excluding carboxylic acids is 2. The van der Waals surface area contributed by atoms with Crippen molar-refractivity contribution in [2.75, 3.05) is 33.2 Å². The topological polar surface area (TPSA) is 93.2 Å². The van der Waals surface area contributed by atoms with Gasteiger partial charge in [-0.25, -0.2) is 13.8 Å². The monoisotopic (exact) mass is 443 g/mol. The summed E-state index contributed by atoms with van der Waals surface area (Å²) in [6, 6.07) is 10.9. The van der Waals surface area contributed by atoms with Crippen LogP contribution in [-0.4, -0.2) is 65.8 Å². The number of pyridine rings is 1. The van der Waals surface area contributed by atoms with E-state index in [2.05, 4.69) is 10.3 Å². The van der Waals surface area contributed by atoms with E-state index in [-0.39, 0.29) is 18.7 Å². The van der Waals surface area contributed by atoms with E-state index in [0.717, 1.165) is 23.0 Å². The third-order valence-corrected chi connectivity index (χ3v) is 5.24. The fourth-order valence-electron chi connectivity index (χ4n) is 3.32. The molecule has 0 radical (unpaired) electrons. The lowest BCUT2D eigenvalue weighted by Gasteiger charge is -2.28. The van der Waals surface area contributed by atoms with Crippen LogP contribution in [0.3, 0.4) is 0 Å². The van der Waals surface area contributed by atoms with E-state index in [4.69, 9.17) is 5.73 Å². The van der Waals surface area contributed by atoms with E-state index in [1.165, 1.54) is 0 Å². The van der Waals surface area contributed by atoms with Gasteiger partial charge in [0.25, 0.3) is 11.8 Å². The molecule has 1 aliphatic rings. The molecule has 0 atom stereocenters. The van der Waals surface area contributed by atoms with E-state index in [1.54, 1.807) is 24.4 Å². The van der Waals surface area contributed by atoms with Crippen molar-refractivity contribution in [2.24, 2.45) is 5.73 Å². The molecule has 0 bridgehead atoms. The molecular weight excluding hydrogens is 416 g/mol. The zero-order valence-electron chi connectivity index (χ0n) is 17.9. The van der Waals surface area contributed by atoms with Gasteiger partial charge in [-0.15, -0.1) is 0 Å². The third-order valence-electron chi connectivity index (χ3n) is 5.24. The molecule has 1 amide bonds. The highest BCUT2D eigenvalue weighted by Gasteiger charge is 2.32. The highest BCUT2D eigenvalue weighted by atomic mass is 19.3. The van der Waals surface area contributed by atoms with Crippen molar-refractivity contribution < 1.29 is 18.4 Å². The van der Waals surface area contributed by atoms with Gasteiger partial charge in [0.1, 0.15) is 5.65 Å². The molecule has 170 valence electrons. The van der Waals surface area contributed by atoms with Crippen LogP contribution in [-0.2, 0) is 0 Å². The number of fused-ring (bicyclic) bond motifs is 1. The van der Waals surface area contributed by atoms with Gasteiger partial charge in [-0.1, -0.05) is 0 Å². The van der Waals surface area contributed by atoms with Crippen molar-refractivity contribution in [1.29, 1.82) is 0 Å². The maximum atomic E-state index is 12.4. The Kier molecular flexibility index (Phi) is 7.66. The molecule has 0 aliphatic carbocycles. The van der Waals surface area contributed by atoms with Crippen molar-refractivity contribution in [2.45, 2.75) is 18.8 Å². The summed E-state index contributed by atoms with van der Waals surface area (Å²) in [4.78, 5) is 28.9. The summed E-state index contributed by atoms with van der Waals surface area (Å²) < 4.78 is 26.6.